The van der Waals surface area contributed by atoms with Crippen LogP contribution in [0.5, 0.6) is 0 Å². The second kappa shape index (κ2) is 9.10. The number of nitrogens with one attached hydrogen (secondary N) is 1. The standard InChI is InChI=1S/C26H22N4O/c1-19(31)24-11-8-21(15-27)14-26(24)29-16-23-4-2-3-5-25(23)22-9-6-20(7-10-22)17-30-13-12-28-18-30/h2-14,18,29H,16-17H2,1H3. The van der Waals surface area contributed by atoms with Crippen LogP contribution in [0.2, 0.25) is 0 Å². The Balaban J connectivity index is 1.56. The highest BCUT2D eigenvalue weighted by atomic mass is 16.1. The van der Waals surface area contributed by atoms with E-state index in [0.29, 0.717) is 23.4 Å². The lowest BCUT2D eigenvalue weighted by molar-refractivity contribution is 0.101. The molecule has 3 aromatic carbocycles. The number of hydrogen-bond donors (Lipinski definition) is 1. The summed E-state index contributed by atoms with van der Waals surface area (Å²) in [4.78, 5) is 16.1. The molecule has 0 saturated carbocycles. The third kappa shape index (κ3) is 4.71. The second-order valence-electron chi connectivity index (χ2n) is 7.37. The van der Waals surface area contributed by atoms with Crippen LogP contribution in [0.3, 0.4) is 0 Å². The van der Waals surface area contributed by atoms with Gasteiger partial charge in [-0.25, -0.2) is 4.98 Å². The number of hydrogen-bond acceptors (Lipinski definition) is 4. The van der Waals surface area contributed by atoms with Gasteiger partial charge in [0.1, 0.15) is 0 Å². The molecule has 0 fully saturated rings. The first-order valence-electron chi connectivity index (χ1n) is 10.1. The Morgan fingerprint density at radius 1 is 1.10 bits per heavy atom. The van der Waals surface area contributed by atoms with E-state index in [4.69, 9.17) is 0 Å². The van der Waals surface area contributed by atoms with Crippen molar-refractivity contribution >= 4 is 11.5 Å². The second-order valence-corrected chi connectivity index (χ2v) is 7.37. The molecule has 4 rings (SSSR count). The van der Waals surface area contributed by atoms with Crippen LogP contribution in [0, 0.1) is 11.3 Å². The molecule has 0 saturated heterocycles. The van der Waals surface area contributed by atoms with E-state index in [1.807, 2.05) is 29.2 Å². The van der Waals surface area contributed by atoms with Crippen molar-refractivity contribution in [2.45, 2.75) is 20.0 Å². The zero-order valence-corrected chi connectivity index (χ0v) is 17.2. The maximum absolute atomic E-state index is 12.0. The van der Waals surface area contributed by atoms with Crippen LogP contribution in [0.25, 0.3) is 11.1 Å². The number of imidazole rings is 1. The number of nitriles is 1. The van der Waals surface area contributed by atoms with E-state index < -0.39 is 0 Å². The summed E-state index contributed by atoms with van der Waals surface area (Å²) in [5.41, 5.74) is 6.36. The molecule has 31 heavy (non-hydrogen) atoms. The number of carbonyl (C=O) groups is 1. The van der Waals surface area contributed by atoms with Gasteiger partial charge in [-0.05, 0) is 47.4 Å². The number of nitrogens with zero attached hydrogens (tertiary/aromatic N) is 3. The predicted molar refractivity (Wildman–Crippen MR) is 122 cm³/mol. The quantitative estimate of drug-likeness (QED) is 0.424. The van der Waals surface area contributed by atoms with Crippen molar-refractivity contribution < 1.29 is 4.79 Å². The van der Waals surface area contributed by atoms with E-state index in [1.165, 1.54) is 12.5 Å². The van der Waals surface area contributed by atoms with Crippen molar-refractivity contribution in [3.05, 3.63) is 108 Å². The van der Waals surface area contributed by atoms with Crippen molar-refractivity contribution in [3.63, 3.8) is 0 Å². The van der Waals surface area contributed by atoms with Crippen LogP contribution in [-0.2, 0) is 13.1 Å². The first-order valence-corrected chi connectivity index (χ1v) is 10.1. The summed E-state index contributed by atoms with van der Waals surface area (Å²) in [5.74, 6) is -0.0336. The normalized spacial score (nSPS) is 10.5. The van der Waals surface area contributed by atoms with Gasteiger partial charge in [0.05, 0.1) is 18.0 Å². The lowest BCUT2D eigenvalue weighted by Gasteiger charge is -2.14. The third-order valence-electron chi connectivity index (χ3n) is 5.20. The molecule has 1 heterocycles. The van der Waals surface area contributed by atoms with Crippen LogP contribution in [0.4, 0.5) is 5.69 Å². The van der Waals surface area contributed by atoms with Crippen LogP contribution in [0.15, 0.2) is 85.5 Å². The molecule has 5 nitrogen and oxygen atoms in total. The van der Waals surface area contributed by atoms with Gasteiger partial charge in [0.2, 0.25) is 0 Å². The number of benzene rings is 3. The van der Waals surface area contributed by atoms with Gasteiger partial charge in [-0.15, -0.1) is 0 Å². The maximum Gasteiger partial charge on any atom is 0.161 e. The van der Waals surface area contributed by atoms with E-state index in [2.05, 4.69) is 52.8 Å². The predicted octanol–water partition coefficient (Wildman–Crippen LogP) is 5.28. The number of anilines is 1. The van der Waals surface area contributed by atoms with Gasteiger partial charge in [0.15, 0.2) is 5.78 Å². The summed E-state index contributed by atoms with van der Waals surface area (Å²) in [6, 6.07) is 23.9. The fraction of sp³-hybridized carbons (Fsp3) is 0.115. The number of carbonyl (C=O) groups excluding carboxylic acids is 1. The number of aromatic nitrogens is 2. The average molecular weight is 406 g/mol. The van der Waals surface area contributed by atoms with Crippen LogP contribution in [0.1, 0.15) is 34.0 Å². The van der Waals surface area contributed by atoms with E-state index in [-0.39, 0.29) is 5.78 Å². The molecular formula is C26H22N4O. The van der Waals surface area contributed by atoms with Crippen molar-refractivity contribution in [2.24, 2.45) is 0 Å². The topological polar surface area (TPSA) is 70.7 Å². The Hall–Kier alpha value is -4.17. The largest absolute Gasteiger partial charge is 0.380 e. The molecule has 1 N–H and O–H groups in total. The minimum Gasteiger partial charge on any atom is -0.380 e. The number of Topliss-reactive ketones (excluding diaryl/α,β-unsaturated/α-hetero) is 1. The van der Waals surface area contributed by atoms with Gasteiger partial charge >= 0.3 is 0 Å². The van der Waals surface area contributed by atoms with E-state index in [9.17, 15) is 10.1 Å². The van der Waals surface area contributed by atoms with Gasteiger partial charge < -0.3 is 9.88 Å². The van der Waals surface area contributed by atoms with Crippen LogP contribution < -0.4 is 5.32 Å². The first-order chi connectivity index (χ1) is 15.1. The molecule has 0 aliphatic heterocycles. The van der Waals surface area contributed by atoms with Crippen molar-refractivity contribution in [3.8, 4) is 17.2 Å². The summed E-state index contributed by atoms with van der Waals surface area (Å²) in [5, 5.41) is 12.6. The molecule has 0 bridgehead atoms. The van der Waals surface area contributed by atoms with Gasteiger partial charge in [-0.3, -0.25) is 4.79 Å². The van der Waals surface area contributed by atoms with Gasteiger partial charge in [0, 0.05) is 36.7 Å². The molecule has 0 spiro atoms. The van der Waals surface area contributed by atoms with E-state index in [0.717, 1.165) is 23.2 Å². The van der Waals surface area contributed by atoms with Crippen molar-refractivity contribution in [2.75, 3.05) is 5.32 Å². The molecule has 4 aromatic rings. The van der Waals surface area contributed by atoms with Gasteiger partial charge in [-0.2, -0.15) is 5.26 Å². The first kappa shape index (κ1) is 20.1. The fourth-order valence-corrected chi connectivity index (χ4v) is 3.59. The Bertz CT molecular complexity index is 1240. The highest BCUT2D eigenvalue weighted by Gasteiger charge is 2.10. The zero-order chi connectivity index (χ0) is 21.6. The average Bonchev–Trinajstić information content (AvgIpc) is 3.31. The Kier molecular flexibility index (Phi) is 5.91. The molecular weight excluding hydrogens is 384 g/mol. The molecule has 0 radical (unpaired) electrons. The smallest absolute Gasteiger partial charge is 0.161 e. The minimum absolute atomic E-state index is 0.0336. The summed E-state index contributed by atoms with van der Waals surface area (Å²) in [6.45, 7) is 2.86. The molecule has 0 amide bonds. The molecule has 5 heteroatoms. The summed E-state index contributed by atoms with van der Waals surface area (Å²) < 4.78 is 2.04. The molecule has 0 unspecified atom stereocenters. The zero-order valence-electron chi connectivity index (χ0n) is 17.2. The van der Waals surface area contributed by atoms with Crippen molar-refractivity contribution in [1.29, 1.82) is 5.26 Å². The summed E-state index contributed by atoms with van der Waals surface area (Å²) in [6.07, 6.45) is 5.54. The third-order valence-corrected chi connectivity index (χ3v) is 5.20. The van der Waals surface area contributed by atoms with Crippen molar-refractivity contribution in [1.82, 2.24) is 9.55 Å². The highest BCUT2D eigenvalue weighted by Crippen LogP contribution is 2.26. The lowest BCUT2D eigenvalue weighted by atomic mass is 9.98. The van der Waals surface area contributed by atoms with E-state index in [1.54, 1.807) is 24.4 Å². The lowest BCUT2D eigenvalue weighted by Crippen LogP contribution is -2.06. The number of rotatable bonds is 7. The van der Waals surface area contributed by atoms with Crippen LogP contribution in [-0.4, -0.2) is 15.3 Å². The maximum atomic E-state index is 12.0. The molecule has 0 aliphatic carbocycles. The van der Waals surface area contributed by atoms with Gasteiger partial charge in [0.25, 0.3) is 0 Å². The van der Waals surface area contributed by atoms with E-state index >= 15 is 0 Å². The number of ketones is 1. The summed E-state index contributed by atoms with van der Waals surface area (Å²) >= 11 is 0. The SMILES string of the molecule is CC(=O)c1ccc(C#N)cc1NCc1ccccc1-c1ccc(Cn2ccnc2)cc1. The monoisotopic (exact) mass is 406 g/mol. The van der Waals surface area contributed by atoms with Crippen LogP contribution >= 0.6 is 0 Å². The molecule has 0 atom stereocenters. The molecule has 1 aromatic heterocycles. The van der Waals surface area contributed by atoms with Gasteiger partial charge in [-0.1, -0.05) is 48.5 Å². The Morgan fingerprint density at radius 3 is 2.61 bits per heavy atom. The summed E-state index contributed by atoms with van der Waals surface area (Å²) in [7, 11) is 0. The molecule has 0 aliphatic rings. The molecule has 152 valence electrons. The highest BCUT2D eigenvalue weighted by molar-refractivity contribution is 5.99. The fourth-order valence-electron chi connectivity index (χ4n) is 3.59. The Morgan fingerprint density at radius 2 is 1.90 bits per heavy atom. The Labute approximate surface area is 181 Å². The minimum atomic E-state index is -0.0336.